The molecule has 0 aliphatic rings. The van der Waals surface area contributed by atoms with Gasteiger partial charge in [0.1, 0.15) is 6.33 Å². The molecule has 23 heavy (non-hydrogen) atoms. The summed E-state index contributed by atoms with van der Waals surface area (Å²) in [7, 11) is 0. The van der Waals surface area contributed by atoms with Gasteiger partial charge in [0.25, 0.3) is 5.91 Å². The van der Waals surface area contributed by atoms with E-state index in [0.717, 1.165) is 5.56 Å². The predicted molar refractivity (Wildman–Crippen MR) is 83.0 cm³/mol. The van der Waals surface area contributed by atoms with Gasteiger partial charge in [-0.3, -0.25) is 9.36 Å². The van der Waals surface area contributed by atoms with Crippen LogP contribution in [0.5, 0.6) is 0 Å². The molecule has 2 heterocycles. The number of hydrogen-bond acceptors (Lipinski definition) is 4. The van der Waals surface area contributed by atoms with E-state index in [1.165, 1.54) is 23.4 Å². The van der Waals surface area contributed by atoms with Gasteiger partial charge >= 0.3 is 6.03 Å². The van der Waals surface area contributed by atoms with Crippen LogP contribution >= 0.6 is 0 Å². The van der Waals surface area contributed by atoms with Gasteiger partial charge in [0.15, 0.2) is 5.76 Å². The molecule has 0 atom stereocenters. The minimum Gasteiger partial charge on any atom is -0.459 e. The molecule has 2 aromatic heterocycles. The summed E-state index contributed by atoms with van der Waals surface area (Å²) in [5.74, 6) is -0.0576. The zero-order chi connectivity index (χ0) is 16.1. The monoisotopic (exact) mass is 310 g/mol. The van der Waals surface area contributed by atoms with Crippen molar-refractivity contribution in [2.24, 2.45) is 0 Å². The second-order valence-corrected chi connectivity index (χ2v) is 4.76. The number of furan rings is 1. The van der Waals surface area contributed by atoms with Crippen LogP contribution in [0.15, 0.2) is 65.8 Å². The van der Waals surface area contributed by atoms with Crippen LogP contribution in [-0.2, 0) is 6.54 Å². The SMILES string of the molecule is O=C(Nc1ccc(CNC(=O)n2ccnc2)cc1)c1ccco1. The Labute approximate surface area is 131 Å². The van der Waals surface area contributed by atoms with E-state index in [9.17, 15) is 9.59 Å². The molecule has 0 aliphatic carbocycles. The van der Waals surface area contributed by atoms with Crippen LogP contribution < -0.4 is 10.6 Å². The van der Waals surface area contributed by atoms with E-state index in [2.05, 4.69) is 15.6 Å². The average Bonchev–Trinajstić information content (AvgIpc) is 3.27. The average molecular weight is 310 g/mol. The zero-order valence-corrected chi connectivity index (χ0v) is 12.1. The summed E-state index contributed by atoms with van der Waals surface area (Å²) in [5, 5.41) is 5.49. The highest BCUT2D eigenvalue weighted by molar-refractivity contribution is 6.02. The predicted octanol–water partition coefficient (Wildman–Crippen LogP) is 2.49. The Morgan fingerprint density at radius 1 is 1.17 bits per heavy atom. The van der Waals surface area contributed by atoms with Crippen LogP contribution in [0.25, 0.3) is 0 Å². The Morgan fingerprint density at radius 3 is 2.65 bits per heavy atom. The first kappa shape index (κ1) is 14.6. The van der Waals surface area contributed by atoms with Crippen LogP contribution in [0, 0.1) is 0 Å². The van der Waals surface area contributed by atoms with Crippen LogP contribution in [0.4, 0.5) is 10.5 Å². The number of benzene rings is 1. The van der Waals surface area contributed by atoms with Crippen molar-refractivity contribution in [3.8, 4) is 0 Å². The number of imidazole rings is 1. The molecule has 0 spiro atoms. The minimum absolute atomic E-state index is 0.252. The third-order valence-corrected chi connectivity index (χ3v) is 3.14. The molecular formula is C16H14N4O3. The summed E-state index contributed by atoms with van der Waals surface area (Å²) in [6, 6.07) is 10.2. The van der Waals surface area contributed by atoms with Crippen LogP contribution in [0.2, 0.25) is 0 Å². The third kappa shape index (κ3) is 3.65. The first-order chi connectivity index (χ1) is 11.2. The van der Waals surface area contributed by atoms with E-state index in [1.807, 2.05) is 12.1 Å². The van der Waals surface area contributed by atoms with Gasteiger partial charge in [-0.2, -0.15) is 0 Å². The number of anilines is 1. The standard InChI is InChI=1S/C16H14N4O3/c21-15(14-2-1-9-23-14)19-13-5-3-12(4-6-13)10-18-16(22)20-8-7-17-11-20/h1-9,11H,10H2,(H,18,22)(H,19,21). The van der Waals surface area contributed by atoms with Crippen molar-refractivity contribution >= 4 is 17.6 Å². The highest BCUT2D eigenvalue weighted by atomic mass is 16.3. The maximum Gasteiger partial charge on any atom is 0.327 e. The van der Waals surface area contributed by atoms with Crippen molar-refractivity contribution < 1.29 is 14.0 Å². The van der Waals surface area contributed by atoms with Gasteiger partial charge in [-0.05, 0) is 29.8 Å². The fourth-order valence-electron chi connectivity index (χ4n) is 1.95. The van der Waals surface area contributed by atoms with Crippen molar-refractivity contribution in [2.45, 2.75) is 6.54 Å². The molecule has 7 nitrogen and oxygen atoms in total. The number of carbonyl (C=O) groups excluding carboxylic acids is 2. The number of aromatic nitrogens is 2. The molecular weight excluding hydrogens is 296 g/mol. The number of nitrogens with one attached hydrogen (secondary N) is 2. The number of rotatable bonds is 4. The molecule has 0 unspecified atom stereocenters. The third-order valence-electron chi connectivity index (χ3n) is 3.14. The lowest BCUT2D eigenvalue weighted by atomic mass is 10.2. The van der Waals surface area contributed by atoms with E-state index in [1.54, 1.807) is 30.5 Å². The Balaban J connectivity index is 1.55. The van der Waals surface area contributed by atoms with Crippen molar-refractivity contribution in [1.82, 2.24) is 14.9 Å². The number of carbonyl (C=O) groups is 2. The smallest absolute Gasteiger partial charge is 0.327 e. The Kier molecular flexibility index (Phi) is 4.19. The van der Waals surface area contributed by atoms with Crippen LogP contribution in [0.1, 0.15) is 16.1 Å². The number of amides is 2. The summed E-state index contributed by atoms with van der Waals surface area (Å²) >= 11 is 0. The quantitative estimate of drug-likeness (QED) is 0.774. The Morgan fingerprint density at radius 2 is 2.00 bits per heavy atom. The molecule has 0 radical (unpaired) electrons. The van der Waals surface area contributed by atoms with Crippen LogP contribution in [-0.4, -0.2) is 21.5 Å². The zero-order valence-electron chi connectivity index (χ0n) is 12.1. The molecule has 0 saturated carbocycles. The van der Waals surface area contributed by atoms with E-state index in [-0.39, 0.29) is 17.7 Å². The highest BCUT2D eigenvalue weighted by Crippen LogP contribution is 2.11. The molecule has 2 amide bonds. The molecule has 1 aromatic carbocycles. The maximum atomic E-state index is 11.8. The van der Waals surface area contributed by atoms with Crippen molar-refractivity contribution in [1.29, 1.82) is 0 Å². The van der Waals surface area contributed by atoms with Crippen LogP contribution in [0.3, 0.4) is 0 Å². The normalized spacial score (nSPS) is 10.3. The van der Waals surface area contributed by atoms with Crippen molar-refractivity contribution in [3.63, 3.8) is 0 Å². The van der Waals surface area contributed by atoms with Crippen molar-refractivity contribution in [3.05, 3.63) is 72.7 Å². The van der Waals surface area contributed by atoms with Gasteiger partial charge in [0.2, 0.25) is 0 Å². The van der Waals surface area contributed by atoms with Crippen molar-refractivity contribution in [2.75, 3.05) is 5.32 Å². The topological polar surface area (TPSA) is 89.2 Å². The molecule has 7 heteroatoms. The first-order valence-corrected chi connectivity index (χ1v) is 6.92. The minimum atomic E-state index is -0.309. The summed E-state index contributed by atoms with van der Waals surface area (Å²) in [6.45, 7) is 0.378. The summed E-state index contributed by atoms with van der Waals surface area (Å²) in [5.41, 5.74) is 1.56. The molecule has 0 bridgehead atoms. The summed E-state index contributed by atoms with van der Waals surface area (Å²) in [4.78, 5) is 27.4. The van der Waals surface area contributed by atoms with Gasteiger partial charge in [-0.15, -0.1) is 0 Å². The Bertz CT molecular complexity index is 777. The molecule has 2 N–H and O–H groups in total. The van der Waals surface area contributed by atoms with E-state index in [0.29, 0.717) is 12.2 Å². The van der Waals surface area contributed by atoms with Gasteiger partial charge in [-0.1, -0.05) is 12.1 Å². The van der Waals surface area contributed by atoms with E-state index < -0.39 is 0 Å². The molecule has 3 rings (SSSR count). The first-order valence-electron chi connectivity index (χ1n) is 6.92. The largest absolute Gasteiger partial charge is 0.459 e. The summed E-state index contributed by atoms with van der Waals surface area (Å²) < 4.78 is 6.38. The fraction of sp³-hybridized carbons (Fsp3) is 0.0625. The van der Waals surface area contributed by atoms with Gasteiger partial charge in [0, 0.05) is 24.6 Å². The lowest BCUT2D eigenvalue weighted by Gasteiger charge is -2.07. The highest BCUT2D eigenvalue weighted by Gasteiger charge is 2.08. The second-order valence-electron chi connectivity index (χ2n) is 4.76. The summed E-state index contributed by atoms with van der Waals surface area (Å²) in [6.07, 6.45) is 5.99. The maximum absolute atomic E-state index is 11.8. The van der Waals surface area contributed by atoms with Gasteiger partial charge in [-0.25, -0.2) is 9.78 Å². The Hall–Kier alpha value is -3.35. The molecule has 0 fully saturated rings. The van der Waals surface area contributed by atoms with E-state index in [4.69, 9.17) is 4.42 Å². The lowest BCUT2D eigenvalue weighted by Crippen LogP contribution is -2.26. The fourth-order valence-corrected chi connectivity index (χ4v) is 1.95. The second kappa shape index (κ2) is 6.61. The van der Waals surface area contributed by atoms with Gasteiger partial charge < -0.3 is 15.1 Å². The molecule has 116 valence electrons. The molecule has 0 aliphatic heterocycles. The van der Waals surface area contributed by atoms with E-state index >= 15 is 0 Å². The molecule has 3 aromatic rings. The lowest BCUT2D eigenvalue weighted by molar-refractivity contribution is 0.0996. The number of hydrogen-bond donors (Lipinski definition) is 2. The molecule has 0 saturated heterocycles. The van der Waals surface area contributed by atoms with Gasteiger partial charge in [0.05, 0.1) is 6.26 Å². The number of nitrogens with zero attached hydrogens (tertiary/aromatic N) is 2.